The maximum Gasteiger partial charge on any atom is 0.246 e. The van der Waals surface area contributed by atoms with Crippen LogP contribution in [0.3, 0.4) is 0 Å². The van der Waals surface area contributed by atoms with Crippen molar-refractivity contribution in [2.75, 3.05) is 0 Å². The summed E-state index contributed by atoms with van der Waals surface area (Å²) in [4.78, 5) is 12.5. The quantitative estimate of drug-likeness (QED) is 0.785. The summed E-state index contributed by atoms with van der Waals surface area (Å²) in [5.41, 5.74) is 6.77. The minimum Gasteiger partial charge on any atom is -0.366 e. The van der Waals surface area contributed by atoms with E-state index in [1.807, 2.05) is 20.8 Å². The Labute approximate surface area is 177 Å². The van der Waals surface area contributed by atoms with Gasteiger partial charge in [0.05, 0.1) is 10.9 Å². The zero-order valence-electron chi connectivity index (χ0n) is 16.9. The highest BCUT2D eigenvalue weighted by Crippen LogP contribution is 2.46. The molecule has 1 aliphatic heterocycles. The van der Waals surface area contributed by atoms with Gasteiger partial charge in [0.1, 0.15) is 0 Å². The fraction of sp³-hybridized carbons (Fsp3) is 0.318. The van der Waals surface area contributed by atoms with E-state index in [0.717, 1.165) is 0 Å². The summed E-state index contributed by atoms with van der Waals surface area (Å²) in [5.74, 6) is -0.637. The fourth-order valence-corrected chi connectivity index (χ4v) is 5.97. The second-order valence-corrected chi connectivity index (χ2v) is 10.6. The van der Waals surface area contributed by atoms with Crippen LogP contribution in [0.15, 0.2) is 65.1 Å². The first kappa shape index (κ1) is 21.6. The Kier molecular flexibility index (Phi) is 5.64. The van der Waals surface area contributed by atoms with E-state index < -0.39 is 33.4 Å². The second-order valence-electron chi connectivity index (χ2n) is 8.35. The molecular weight excluding hydrogens is 408 g/mol. The molecule has 3 rings (SSSR count). The van der Waals surface area contributed by atoms with Crippen molar-refractivity contribution in [3.63, 3.8) is 0 Å². The summed E-state index contributed by atoms with van der Waals surface area (Å²) in [6.45, 7) is 7.58. The molecule has 0 radical (unpaired) electrons. The molecule has 2 aromatic rings. The third-order valence-electron chi connectivity index (χ3n) is 5.17. The van der Waals surface area contributed by atoms with Crippen LogP contribution in [0.4, 0.5) is 0 Å². The highest BCUT2D eigenvalue weighted by atomic mass is 35.5. The van der Waals surface area contributed by atoms with Crippen molar-refractivity contribution in [1.29, 1.82) is 0 Å². The molecule has 0 spiro atoms. The molecule has 2 aromatic carbocycles. The van der Waals surface area contributed by atoms with E-state index in [0.29, 0.717) is 16.1 Å². The molecular formula is C22H25ClN2O3S. The number of benzene rings is 2. The number of halogens is 1. The Balaban J connectivity index is 2.27. The van der Waals surface area contributed by atoms with Gasteiger partial charge >= 0.3 is 0 Å². The third kappa shape index (κ3) is 3.97. The maximum atomic E-state index is 13.8. The van der Waals surface area contributed by atoms with Gasteiger partial charge in [-0.05, 0) is 41.7 Å². The first-order valence-corrected chi connectivity index (χ1v) is 11.1. The molecule has 0 aromatic heterocycles. The molecule has 1 aliphatic rings. The molecule has 1 heterocycles. The average Bonchev–Trinajstić information content (AvgIpc) is 3.04. The fourth-order valence-electron chi connectivity index (χ4n) is 3.70. The lowest BCUT2D eigenvalue weighted by atomic mass is 9.87. The summed E-state index contributed by atoms with van der Waals surface area (Å²) in [5, 5.41) is 0.525. The Hall–Kier alpha value is -2.15. The van der Waals surface area contributed by atoms with Crippen LogP contribution in [0.1, 0.15) is 37.9 Å². The summed E-state index contributed by atoms with van der Waals surface area (Å²) in [7, 11) is -3.94. The molecule has 154 valence electrons. The number of sulfonamides is 1. The molecule has 2 atom stereocenters. The van der Waals surface area contributed by atoms with Crippen LogP contribution >= 0.6 is 11.6 Å². The van der Waals surface area contributed by atoms with Gasteiger partial charge in [0, 0.05) is 16.6 Å². The van der Waals surface area contributed by atoms with Crippen molar-refractivity contribution in [3.8, 4) is 0 Å². The van der Waals surface area contributed by atoms with Crippen LogP contribution in [0.25, 0.3) is 0 Å². The van der Waals surface area contributed by atoms with E-state index in [4.69, 9.17) is 17.3 Å². The zero-order chi connectivity index (χ0) is 21.6. The number of rotatable bonds is 4. The molecule has 1 amide bonds. The monoisotopic (exact) mass is 432 g/mol. The topological polar surface area (TPSA) is 80.5 Å². The van der Waals surface area contributed by atoms with Crippen molar-refractivity contribution in [3.05, 3.63) is 76.3 Å². The van der Waals surface area contributed by atoms with Crippen LogP contribution in [-0.2, 0) is 14.8 Å². The number of primary amides is 1. The molecule has 7 heteroatoms. The molecule has 0 bridgehead atoms. The van der Waals surface area contributed by atoms with Crippen LogP contribution in [0.5, 0.6) is 0 Å². The minimum absolute atomic E-state index is 0.215. The standard InChI is InChI=1S/C22H25ClN2O3S/c1-14-7-5-6-8-18(14)29(27,28)25-19(22(2,3)4)13-17(21(24)26)20(25)15-9-11-16(23)12-10-15/h5-13,19-20H,1-4H3,(H2,24,26)/t19-,20?/m0/s1. The second kappa shape index (κ2) is 7.59. The highest BCUT2D eigenvalue weighted by Gasteiger charge is 2.49. The SMILES string of the molecule is Cc1ccccc1S(=O)(=O)N1C(c2ccc(Cl)cc2)C(C(N)=O)=C[C@H]1C(C)(C)C. The van der Waals surface area contributed by atoms with E-state index in [2.05, 4.69) is 0 Å². The van der Waals surface area contributed by atoms with E-state index >= 15 is 0 Å². The maximum absolute atomic E-state index is 13.8. The van der Waals surface area contributed by atoms with Crippen LogP contribution in [-0.4, -0.2) is 24.7 Å². The van der Waals surface area contributed by atoms with Crippen molar-refractivity contribution in [2.24, 2.45) is 11.1 Å². The lowest BCUT2D eigenvalue weighted by Gasteiger charge is -2.37. The van der Waals surface area contributed by atoms with Crippen molar-refractivity contribution in [2.45, 2.75) is 44.7 Å². The number of amides is 1. The van der Waals surface area contributed by atoms with E-state index in [9.17, 15) is 13.2 Å². The van der Waals surface area contributed by atoms with Gasteiger partial charge in [-0.25, -0.2) is 8.42 Å². The molecule has 0 saturated carbocycles. The number of carbonyl (C=O) groups excluding carboxylic acids is 1. The molecule has 29 heavy (non-hydrogen) atoms. The van der Waals surface area contributed by atoms with Gasteiger partial charge in [-0.1, -0.05) is 68.8 Å². The summed E-state index contributed by atoms with van der Waals surface area (Å²) < 4.78 is 29.1. The Morgan fingerprint density at radius 3 is 2.17 bits per heavy atom. The first-order valence-electron chi connectivity index (χ1n) is 9.30. The smallest absolute Gasteiger partial charge is 0.246 e. The number of carbonyl (C=O) groups is 1. The van der Waals surface area contributed by atoms with Gasteiger partial charge in [-0.2, -0.15) is 4.31 Å². The van der Waals surface area contributed by atoms with Crippen LogP contribution in [0.2, 0.25) is 5.02 Å². The minimum atomic E-state index is -3.94. The van der Waals surface area contributed by atoms with Crippen molar-refractivity contribution < 1.29 is 13.2 Å². The first-order chi connectivity index (χ1) is 13.4. The largest absolute Gasteiger partial charge is 0.366 e. The van der Waals surface area contributed by atoms with Crippen molar-refractivity contribution >= 4 is 27.5 Å². The Bertz CT molecular complexity index is 1070. The Morgan fingerprint density at radius 2 is 1.66 bits per heavy atom. The van der Waals surface area contributed by atoms with Crippen LogP contribution < -0.4 is 5.73 Å². The van der Waals surface area contributed by atoms with Gasteiger partial charge in [-0.3, -0.25) is 4.79 Å². The summed E-state index contributed by atoms with van der Waals surface area (Å²) >= 11 is 6.02. The molecule has 0 aliphatic carbocycles. The van der Waals surface area contributed by atoms with Gasteiger partial charge < -0.3 is 5.73 Å². The lowest BCUT2D eigenvalue weighted by molar-refractivity contribution is -0.114. The number of aryl methyl sites for hydroxylation is 1. The van der Waals surface area contributed by atoms with E-state index in [1.165, 1.54) is 4.31 Å². The zero-order valence-corrected chi connectivity index (χ0v) is 18.5. The average molecular weight is 433 g/mol. The van der Waals surface area contributed by atoms with Gasteiger partial charge in [0.2, 0.25) is 15.9 Å². The molecule has 1 unspecified atom stereocenters. The predicted molar refractivity (Wildman–Crippen MR) is 115 cm³/mol. The van der Waals surface area contributed by atoms with Gasteiger partial charge in [-0.15, -0.1) is 0 Å². The number of hydrogen-bond acceptors (Lipinski definition) is 3. The van der Waals surface area contributed by atoms with Gasteiger partial charge in [0.25, 0.3) is 0 Å². The normalized spacial score (nSPS) is 20.5. The van der Waals surface area contributed by atoms with E-state index in [-0.39, 0.29) is 10.5 Å². The molecule has 0 saturated heterocycles. The third-order valence-corrected chi connectivity index (χ3v) is 7.43. The number of hydrogen-bond donors (Lipinski definition) is 1. The lowest BCUT2D eigenvalue weighted by Crippen LogP contribution is -2.45. The summed E-state index contributed by atoms with van der Waals surface area (Å²) in [6.07, 6.45) is 1.69. The van der Waals surface area contributed by atoms with E-state index in [1.54, 1.807) is 61.5 Å². The van der Waals surface area contributed by atoms with Crippen LogP contribution in [0, 0.1) is 12.3 Å². The predicted octanol–water partition coefficient (Wildman–Crippen LogP) is 4.22. The van der Waals surface area contributed by atoms with Crippen molar-refractivity contribution in [1.82, 2.24) is 4.31 Å². The molecule has 2 N–H and O–H groups in total. The number of nitrogens with zero attached hydrogens (tertiary/aromatic N) is 1. The van der Waals surface area contributed by atoms with Gasteiger partial charge in [0.15, 0.2) is 0 Å². The Morgan fingerprint density at radius 1 is 1.07 bits per heavy atom. The highest BCUT2D eigenvalue weighted by molar-refractivity contribution is 7.89. The molecule has 0 fully saturated rings. The molecule has 5 nitrogen and oxygen atoms in total. The summed E-state index contributed by atoms with van der Waals surface area (Å²) in [6, 6.07) is 12.3. The number of nitrogens with two attached hydrogens (primary N) is 1.